The van der Waals surface area contributed by atoms with Crippen molar-refractivity contribution in [2.45, 2.75) is 39.7 Å². The Morgan fingerprint density at radius 1 is 1.60 bits per heavy atom. The molecule has 10 heavy (non-hydrogen) atoms. The molecule has 60 valence electrons. The van der Waals surface area contributed by atoms with Crippen LogP contribution in [0.15, 0.2) is 0 Å². The first-order valence-electron chi connectivity index (χ1n) is 4.23. The average molecular weight is 141 g/mol. The van der Waals surface area contributed by atoms with Crippen LogP contribution >= 0.6 is 0 Å². The van der Waals surface area contributed by atoms with Gasteiger partial charge in [-0.3, -0.25) is 0 Å². The molecular formula is C9H19N. The van der Waals surface area contributed by atoms with Crippen LogP contribution < -0.4 is 5.32 Å². The Labute approximate surface area is 64.2 Å². The molecule has 0 aromatic carbocycles. The monoisotopic (exact) mass is 141 g/mol. The first-order valence-corrected chi connectivity index (χ1v) is 4.23. The molecule has 0 heterocycles. The van der Waals surface area contributed by atoms with Gasteiger partial charge in [-0.1, -0.05) is 13.8 Å². The van der Waals surface area contributed by atoms with E-state index in [-0.39, 0.29) is 0 Å². The van der Waals surface area contributed by atoms with Crippen LogP contribution in [0.5, 0.6) is 0 Å². The Bertz CT molecular complexity index is 118. The molecule has 1 nitrogen and oxygen atoms in total. The number of hydrogen-bond donors (Lipinski definition) is 1. The molecule has 1 N–H and O–H groups in total. The van der Waals surface area contributed by atoms with Crippen LogP contribution in [0.1, 0.15) is 33.6 Å². The predicted molar refractivity (Wildman–Crippen MR) is 45.0 cm³/mol. The van der Waals surface area contributed by atoms with E-state index in [0.29, 0.717) is 11.5 Å². The van der Waals surface area contributed by atoms with Crippen molar-refractivity contribution in [1.29, 1.82) is 0 Å². The van der Waals surface area contributed by atoms with Gasteiger partial charge in [0.15, 0.2) is 0 Å². The fourth-order valence-electron chi connectivity index (χ4n) is 1.52. The van der Waals surface area contributed by atoms with Gasteiger partial charge in [-0.15, -0.1) is 0 Å². The fraction of sp³-hybridized carbons (Fsp3) is 1.00. The number of hydrogen-bond acceptors (Lipinski definition) is 1. The molecule has 1 aliphatic carbocycles. The summed E-state index contributed by atoms with van der Waals surface area (Å²) in [7, 11) is 2.04. The fourth-order valence-corrected chi connectivity index (χ4v) is 1.52. The molecule has 0 amide bonds. The second kappa shape index (κ2) is 2.54. The maximum Gasteiger partial charge on any atom is 0.00385 e. The van der Waals surface area contributed by atoms with Crippen LogP contribution in [0.4, 0.5) is 0 Å². The van der Waals surface area contributed by atoms with E-state index in [1.165, 1.54) is 12.8 Å². The van der Waals surface area contributed by atoms with Crippen molar-refractivity contribution in [1.82, 2.24) is 5.32 Å². The van der Waals surface area contributed by atoms with Gasteiger partial charge in [0.2, 0.25) is 0 Å². The van der Waals surface area contributed by atoms with Gasteiger partial charge in [0.25, 0.3) is 0 Å². The van der Waals surface area contributed by atoms with Gasteiger partial charge in [0.1, 0.15) is 0 Å². The van der Waals surface area contributed by atoms with E-state index < -0.39 is 0 Å². The molecule has 0 radical (unpaired) electrons. The second-order valence-electron chi connectivity index (χ2n) is 4.32. The van der Waals surface area contributed by atoms with Crippen LogP contribution in [0.2, 0.25) is 0 Å². The minimum atomic E-state index is 0.658. The highest BCUT2D eigenvalue weighted by Gasteiger charge is 2.45. The van der Waals surface area contributed by atoms with Gasteiger partial charge in [-0.2, -0.15) is 0 Å². The third-order valence-electron chi connectivity index (χ3n) is 2.85. The lowest BCUT2D eigenvalue weighted by atomic mass is 10.0. The molecule has 0 saturated heterocycles. The third-order valence-corrected chi connectivity index (χ3v) is 2.85. The Morgan fingerprint density at radius 3 is 2.40 bits per heavy atom. The lowest BCUT2D eigenvalue weighted by Crippen LogP contribution is -2.22. The summed E-state index contributed by atoms with van der Waals surface area (Å²) in [6.45, 7) is 6.98. The van der Waals surface area contributed by atoms with Gasteiger partial charge in [-0.25, -0.2) is 0 Å². The maximum absolute atomic E-state index is 3.27. The van der Waals surface area contributed by atoms with Crippen molar-refractivity contribution in [3.8, 4) is 0 Å². The summed E-state index contributed by atoms with van der Waals surface area (Å²) in [5.41, 5.74) is 0.658. The standard InChI is InChI=1S/C9H19N/c1-7(10-4)5-8-6-9(8,2)3/h7-8,10H,5-6H2,1-4H3. The zero-order valence-electron chi connectivity index (χ0n) is 7.57. The van der Waals surface area contributed by atoms with E-state index >= 15 is 0 Å². The van der Waals surface area contributed by atoms with Gasteiger partial charge in [0.05, 0.1) is 0 Å². The topological polar surface area (TPSA) is 12.0 Å². The molecule has 0 aromatic heterocycles. The lowest BCUT2D eigenvalue weighted by molar-refractivity contribution is 0.462. The first kappa shape index (κ1) is 8.06. The van der Waals surface area contributed by atoms with Gasteiger partial charge in [0, 0.05) is 6.04 Å². The number of nitrogens with one attached hydrogen (secondary N) is 1. The SMILES string of the molecule is CNC(C)CC1CC1(C)C. The summed E-state index contributed by atoms with van der Waals surface area (Å²) < 4.78 is 0. The summed E-state index contributed by atoms with van der Waals surface area (Å²) in [5, 5.41) is 3.27. The van der Waals surface area contributed by atoms with Gasteiger partial charge >= 0.3 is 0 Å². The largest absolute Gasteiger partial charge is 0.317 e. The minimum absolute atomic E-state index is 0.658. The second-order valence-corrected chi connectivity index (χ2v) is 4.32. The van der Waals surface area contributed by atoms with E-state index in [0.717, 1.165) is 5.92 Å². The van der Waals surface area contributed by atoms with Crippen LogP contribution in [-0.2, 0) is 0 Å². The molecule has 1 heteroatoms. The van der Waals surface area contributed by atoms with Crippen molar-refractivity contribution < 1.29 is 0 Å². The molecular weight excluding hydrogens is 122 g/mol. The molecule has 2 unspecified atom stereocenters. The molecule has 1 aliphatic rings. The number of rotatable bonds is 3. The van der Waals surface area contributed by atoms with E-state index in [4.69, 9.17) is 0 Å². The van der Waals surface area contributed by atoms with E-state index in [1.54, 1.807) is 0 Å². The Hall–Kier alpha value is -0.0400. The average Bonchev–Trinajstić information content (AvgIpc) is 2.40. The molecule has 0 aliphatic heterocycles. The Kier molecular flexibility index (Phi) is 2.04. The molecule has 2 atom stereocenters. The van der Waals surface area contributed by atoms with Crippen LogP contribution in [0.25, 0.3) is 0 Å². The highest BCUT2D eigenvalue weighted by molar-refractivity contribution is 4.96. The van der Waals surface area contributed by atoms with Crippen molar-refractivity contribution in [2.75, 3.05) is 7.05 Å². The normalized spacial score (nSPS) is 31.8. The molecule has 0 bridgehead atoms. The predicted octanol–water partition coefficient (Wildman–Crippen LogP) is 2.03. The van der Waals surface area contributed by atoms with Crippen LogP contribution in [0.3, 0.4) is 0 Å². The minimum Gasteiger partial charge on any atom is -0.317 e. The summed E-state index contributed by atoms with van der Waals surface area (Å²) in [6, 6.07) is 0.701. The van der Waals surface area contributed by atoms with Crippen molar-refractivity contribution >= 4 is 0 Å². The van der Waals surface area contributed by atoms with Crippen molar-refractivity contribution in [3.05, 3.63) is 0 Å². The van der Waals surface area contributed by atoms with Crippen molar-refractivity contribution in [3.63, 3.8) is 0 Å². The summed E-state index contributed by atoms with van der Waals surface area (Å²) >= 11 is 0. The molecule has 0 aromatic rings. The molecule has 1 saturated carbocycles. The summed E-state index contributed by atoms with van der Waals surface area (Å²) in [5.74, 6) is 0.981. The van der Waals surface area contributed by atoms with E-state index in [2.05, 4.69) is 26.1 Å². The Morgan fingerprint density at radius 2 is 2.10 bits per heavy atom. The summed E-state index contributed by atoms with van der Waals surface area (Å²) in [4.78, 5) is 0. The van der Waals surface area contributed by atoms with Gasteiger partial charge in [-0.05, 0) is 38.1 Å². The van der Waals surface area contributed by atoms with Crippen LogP contribution in [-0.4, -0.2) is 13.1 Å². The molecule has 1 fully saturated rings. The molecule has 0 spiro atoms. The van der Waals surface area contributed by atoms with E-state index in [1.807, 2.05) is 7.05 Å². The quantitative estimate of drug-likeness (QED) is 0.634. The highest BCUT2D eigenvalue weighted by atomic mass is 14.9. The first-order chi connectivity index (χ1) is 4.56. The van der Waals surface area contributed by atoms with E-state index in [9.17, 15) is 0 Å². The van der Waals surface area contributed by atoms with Gasteiger partial charge < -0.3 is 5.32 Å². The maximum atomic E-state index is 3.27. The highest BCUT2D eigenvalue weighted by Crippen LogP contribution is 2.53. The zero-order valence-corrected chi connectivity index (χ0v) is 7.57. The third kappa shape index (κ3) is 1.72. The van der Waals surface area contributed by atoms with Crippen molar-refractivity contribution in [2.24, 2.45) is 11.3 Å². The summed E-state index contributed by atoms with van der Waals surface area (Å²) in [6.07, 6.45) is 2.78. The smallest absolute Gasteiger partial charge is 0.00385 e. The van der Waals surface area contributed by atoms with Crippen LogP contribution in [0, 0.1) is 11.3 Å². The Balaban J connectivity index is 2.17. The lowest BCUT2D eigenvalue weighted by Gasteiger charge is -2.10. The molecule has 1 rings (SSSR count). The zero-order chi connectivity index (χ0) is 7.78.